The molecule has 0 aromatic carbocycles. The van der Waals surface area contributed by atoms with Gasteiger partial charge in [0.2, 0.25) is 0 Å². The number of allylic oxidation sites excluding steroid dienone is 2. The molecular formula is C13H22BF3O3. The Labute approximate surface area is 118 Å². The molecule has 116 valence electrons. The third kappa shape index (κ3) is 4.23. The molecule has 0 aromatic rings. The maximum atomic E-state index is 12.5. The number of halogens is 3. The van der Waals surface area contributed by atoms with Gasteiger partial charge in [-0.3, -0.25) is 0 Å². The fourth-order valence-corrected chi connectivity index (χ4v) is 1.87. The third-order valence-electron chi connectivity index (χ3n) is 4.11. The topological polar surface area (TPSA) is 49.7 Å². The summed E-state index contributed by atoms with van der Waals surface area (Å²) in [7, 11) is -1.29. The van der Waals surface area contributed by atoms with Gasteiger partial charge < -0.3 is 14.8 Å². The summed E-state index contributed by atoms with van der Waals surface area (Å²) >= 11 is 0. The minimum Gasteiger partial charge on any atom is -0.423 e. The molecule has 1 aliphatic rings. The summed E-state index contributed by atoms with van der Waals surface area (Å²) < 4.78 is 43.0. The molecule has 0 unspecified atom stereocenters. The molecule has 1 aliphatic carbocycles. The monoisotopic (exact) mass is 294 g/mol. The van der Waals surface area contributed by atoms with Crippen molar-refractivity contribution in [3.05, 3.63) is 11.5 Å². The van der Waals surface area contributed by atoms with Crippen molar-refractivity contribution in [1.29, 1.82) is 0 Å². The summed E-state index contributed by atoms with van der Waals surface area (Å²) in [6, 6.07) is 0. The van der Waals surface area contributed by atoms with Crippen molar-refractivity contribution >= 4 is 7.12 Å². The fraction of sp³-hybridized carbons (Fsp3) is 0.846. The Kier molecular flexibility index (Phi) is 4.99. The number of aliphatic hydroxyl groups is 1. The van der Waals surface area contributed by atoms with E-state index in [0.29, 0.717) is 5.47 Å². The van der Waals surface area contributed by atoms with Crippen LogP contribution in [0.2, 0.25) is 0 Å². The largest absolute Gasteiger partial charge is 0.487 e. The van der Waals surface area contributed by atoms with E-state index in [-0.39, 0.29) is 19.3 Å². The van der Waals surface area contributed by atoms with Crippen LogP contribution < -0.4 is 0 Å². The summed E-state index contributed by atoms with van der Waals surface area (Å²) in [5.74, 6) is -1.35. The average Bonchev–Trinajstić information content (AvgIpc) is 2.26. The van der Waals surface area contributed by atoms with E-state index in [4.69, 9.17) is 4.65 Å². The highest BCUT2D eigenvalue weighted by Crippen LogP contribution is 2.38. The molecule has 3 nitrogen and oxygen atoms in total. The Hall–Kier alpha value is -0.525. The lowest BCUT2D eigenvalue weighted by molar-refractivity contribution is -0.176. The first-order valence-electron chi connectivity index (χ1n) is 6.68. The molecular weight excluding hydrogens is 272 g/mol. The first kappa shape index (κ1) is 17.5. The predicted molar refractivity (Wildman–Crippen MR) is 70.9 cm³/mol. The Balaban J connectivity index is 2.67. The van der Waals surface area contributed by atoms with Gasteiger partial charge in [0.05, 0.1) is 17.1 Å². The predicted octanol–water partition coefficient (Wildman–Crippen LogP) is 2.86. The summed E-state index contributed by atoms with van der Waals surface area (Å²) in [5.41, 5.74) is -1.76. The van der Waals surface area contributed by atoms with Crippen LogP contribution in [0.25, 0.3) is 0 Å². The van der Waals surface area contributed by atoms with Gasteiger partial charge in [0, 0.05) is 0 Å². The van der Waals surface area contributed by atoms with Crippen molar-refractivity contribution in [2.45, 2.75) is 64.3 Å². The van der Waals surface area contributed by atoms with Gasteiger partial charge in [-0.25, -0.2) is 0 Å². The molecule has 0 radical (unpaired) electrons. The van der Waals surface area contributed by atoms with Gasteiger partial charge in [-0.1, -0.05) is 6.08 Å². The molecule has 0 spiro atoms. The molecule has 0 fully saturated rings. The Morgan fingerprint density at radius 3 is 2.15 bits per heavy atom. The van der Waals surface area contributed by atoms with E-state index in [1.165, 1.54) is 6.08 Å². The van der Waals surface area contributed by atoms with Gasteiger partial charge in [0.15, 0.2) is 0 Å². The van der Waals surface area contributed by atoms with Crippen LogP contribution in [-0.4, -0.2) is 34.6 Å². The second kappa shape index (κ2) is 5.69. The van der Waals surface area contributed by atoms with Crippen LogP contribution in [0.15, 0.2) is 11.5 Å². The lowest BCUT2D eigenvalue weighted by Crippen LogP contribution is -2.51. The fourth-order valence-electron chi connectivity index (χ4n) is 1.87. The SMILES string of the molecule is CC(C)(O)C(C)(C)OB(O)C1=CC[C@H](C(F)(F)F)CC1. The van der Waals surface area contributed by atoms with E-state index in [1.807, 2.05) is 0 Å². The number of rotatable bonds is 4. The van der Waals surface area contributed by atoms with Crippen LogP contribution >= 0.6 is 0 Å². The molecule has 1 rings (SSSR count). The Bertz CT molecular complexity index is 372. The van der Waals surface area contributed by atoms with E-state index in [2.05, 4.69) is 0 Å². The van der Waals surface area contributed by atoms with Crippen molar-refractivity contribution in [1.82, 2.24) is 0 Å². The second-order valence-corrected chi connectivity index (χ2v) is 6.33. The normalized spacial score (nSPS) is 21.6. The highest BCUT2D eigenvalue weighted by molar-refractivity contribution is 6.52. The van der Waals surface area contributed by atoms with Crippen LogP contribution in [0, 0.1) is 5.92 Å². The molecule has 0 amide bonds. The van der Waals surface area contributed by atoms with Crippen molar-refractivity contribution in [2.24, 2.45) is 5.92 Å². The second-order valence-electron chi connectivity index (χ2n) is 6.33. The standard InChI is InChI=1S/C13H22BF3O3/c1-11(2,18)12(3,4)20-14(19)10-7-5-9(6-8-10)13(15,16)17/h7,9,18-19H,5-6,8H2,1-4H3/t9-/m0/s1. The molecule has 0 bridgehead atoms. The molecule has 2 N–H and O–H groups in total. The molecule has 1 atom stereocenters. The molecule has 7 heteroatoms. The molecule has 0 saturated heterocycles. The smallest absolute Gasteiger partial charge is 0.423 e. The van der Waals surface area contributed by atoms with Gasteiger partial charge >= 0.3 is 13.3 Å². The molecule has 20 heavy (non-hydrogen) atoms. The zero-order chi connectivity index (χ0) is 15.8. The Morgan fingerprint density at radius 2 is 1.80 bits per heavy atom. The van der Waals surface area contributed by atoms with E-state index < -0.39 is 30.4 Å². The lowest BCUT2D eigenvalue weighted by Gasteiger charge is -2.39. The maximum Gasteiger partial charge on any atom is 0.487 e. The van der Waals surface area contributed by atoms with Gasteiger partial charge in [0.1, 0.15) is 0 Å². The lowest BCUT2D eigenvalue weighted by atomic mass is 9.69. The van der Waals surface area contributed by atoms with Gasteiger partial charge in [-0.15, -0.1) is 0 Å². The van der Waals surface area contributed by atoms with Crippen LogP contribution in [0.1, 0.15) is 47.0 Å². The first-order chi connectivity index (χ1) is 8.84. The third-order valence-corrected chi connectivity index (χ3v) is 4.11. The summed E-state index contributed by atoms with van der Waals surface area (Å²) in [5, 5.41) is 19.9. The van der Waals surface area contributed by atoms with Crippen molar-refractivity contribution in [3.63, 3.8) is 0 Å². The summed E-state index contributed by atoms with van der Waals surface area (Å²) in [6.07, 6.45) is -2.83. The van der Waals surface area contributed by atoms with Crippen LogP contribution in [-0.2, 0) is 4.65 Å². The van der Waals surface area contributed by atoms with E-state index in [0.717, 1.165) is 0 Å². The average molecular weight is 294 g/mol. The highest BCUT2D eigenvalue weighted by atomic mass is 19.4. The summed E-state index contributed by atoms with van der Waals surface area (Å²) in [4.78, 5) is 0. The van der Waals surface area contributed by atoms with Crippen molar-refractivity contribution < 1.29 is 28.0 Å². The molecule has 0 saturated carbocycles. The van der Waals surface area contributed by atoms with E-state index in [1.54, 1.807) is 27.7 Å². The maximum absolute atomic E-state index is 12.5. The van der Waals surface area contributed by atoms with Crippen LogP contribution in [0.4, 0.5) is 13.2 Å². The van der Waals surface area contributed by atoms with Crippen LogP contribution in [0.3, 0.4) is 0 Å². The van der Waals surface area contributed by atoms with Crippen molar-refractivity contribution in [3.8, 4) is 0 Å². The zero-order valence-electron chi connectivity index (χ0n) is 12.3. The van der Waals surface area contributed by atoms with Gasteiger partial charge in [-0.05, 0) is 52.4 Å². The molecule has 0 aromatic heterocycles. The number of hydrogen-bond acceptors (Lipinski definition) is 3. The Morgan fingerprint density at radius 1 is 1.25 bits per heavy atom. The van der Waals surface area contributed by atoms with Gasteiger partial charge in [-0.2, -0.15) is 13.2 Å². The number of hydrogen-bond donors (Lipinski definition) is 2. The van der Waals surface area contributed by atoms with Crippen molar-refractivity contribution in [2.75, 3.05) is 0 Å². The molecule has 0 aliphatic heterocycles. The van der Waals surface area contributed by atoms with Gasteiger partial charge in [0.25, 0.3) is 0 Å². The number of alkyl halides is 3. The van der Waals surface area contributed by atoms with E-state index >= 15 is 0 Å². The minimum absolute atomic E-state index is 0.0430. The molecule has 0 heterocycles. The van der Waals surface area contributed by atoms with Crippen LogP contribution in [0.5, 0.6) is 0 Å². The first-order valence-corrected chi connectivity index (χ1v) is 6.68. The quantitative estimate of drug-likeness (QED) is 0.784. The minimum atomic E-state index is -4.19. The van der Waals surface area contributed by atoms with E-state index in [9.17, 15) is 23.3 Å². The highest BCUT2D eigenvalue weighted by Gasteiger charge is 2.43. The summed E-state index contributed by atoms with van der Waals surface area (Å²) in [6.45, 7) is 6.35. The zero-order valence-corrected chi connectivity index (χ0v) is 12.3.